The zero-order valence-corrected chi connectivity index (χ0v) is 12.7. The molecule has 0 saturated heterocycles. The van der Waals surface area contributed by atoms with E-state index >= 15 is 0 Å². The summed E-state index contributed by atoms with van der Waals surface area (Å²) in [5.74, 6) is -0.570. The molecule has 1 N–H and O–H groups in total. The number of para-hydroxylation sites is 2. The molecule has 2 rings (SSSR count). The summed E-state index contributed by atoms with van der Waals surface area (Å²) in [6, 6.07) is 15.7. The lowest BCUT2D eigenvalue weighted by atomic mass is 10.2. The highest BCUT2D eigenvalue weighted by atomic mass is 19.3. The quantitative estimate of drug-likeness (QED) is 0.852. The Hall–Kier alpha value is -2.63. The smallest absolute Gasteiger partial charge is 0.387 e. The van der Waals surface area contributed by atoms with E-state index in [-0.39, 0.29) is 11.3 Å². The Bertz CT molecular complexity index is 636. The van der Waals surface area contributed by atoms with Gasteiger partial charge in [-0.2, -0.15) is 8.78 Å². The Kier molecular flexibility index (Phi) is 5.91. The van der Waals surface area contributed by atoms with Crippen LogP contribution in [0, 0.1) is 0 Å². The van der Waals surface area contributed by atoms with Crippen molar-refractivity contribution in [2.45, 2.75) is 6.61 Å². The molecule has 0 unspecified atom stereocenters. The molecule has 0 bridgehead atoms. The van der Waals surface area contributed by atoms with Crippen LogP contribution in [0.25, 0.3) is 0 Å². The second-order valence-electron chi connectivity index (χ2n) is 4.89. The summed E-state index contributed by atoms with van der Waals surface area (Å²) in [7, 11) is 1.91. The molecule has 122 valence electrons. The summed E-state index contributed by atoms with van der Waals surface area (Å²) in [5, 5.41) is 2.71. The molecule has 0 spiro atoms. The van der Waals surface area contributed by atoms with Crippen molar-refractivity contribution in [3.63, 3.8) is 0 Å². The van der Waals surface area contributed by atoms with Gasteiger partial charge in [-0.3, -0.25) is 4.79 Å². The van der Waals surface area contributed by atoms with Gasteiger partial charge in [0.25, 0.3) is 5.91 Å². The van der Waals surface area contributed by atoms with Crippen LogP contribution in [0.1, 0.15) is 10.4 Å². The number of nitrogens with one attached hydrogen (secondary N) is 1. The average Bonchev–Trinajstić information content (AvgIpc) is 2.55. The van der Waals surface area contributed by atoms with E-state index in [4.69, 9.17) is 0 Å². The average molecular weight is 320 g/mol. The van der Waals surface area contributed by atoms with Crippen LogP contribution in [0.2, 0.25) is 0 Å². The lowest BCUT2D eigenvalue weighted by Gasteiger charge is -2.19. The molecule has 0 atom stereocenters. The summed E-state index contributed by atoms with van der Waals surface area (Å²) in [6.45, 7) is -1.99. The van der Waals surface area contributed by atoms with Crippen molar-refractivity contribution in [1.82, 2.24) is 5.32 Å². The normalized spacial score (nSPS) is 10.4. The number of halogens is 2. The number of amides is 1. The van der Waals surface area contributed by atoms with Crippen molar-refractivity contribution >= 4 is 11.6 Å². The lowest BCUT2D eigenvalue weighted by molar-refractivity contribution is -0.0501. The number of rotatable bonds is 7. The van der Waals surface area contributed by atoms with Gasteiger partial charge in [-0.25, -0.2) is 0 Å². The monoisotopic (exact) mass is 320 g/mol. The van der Waals surface area contributed by atoms with Crippen molar-refractivity contribution in [1.29, 1.82) is 0 Å². The van der Waals surface area contributed by atoms with Gasteiger partial charge < -0.3 is 15.0 Å². The minimum absolute atomic E-state index is 0.0927. The molecular formula is C17H18F2N2O2. The number of nitrogens with zero attached hydrogens (tertiary/aromatic N) is 1. The van der Waals surface area contributed by atoms with Gasteiger partial charge in [0, 0.05) is 25.8 Å². The van der Waals surface area contributed by atoms with Crippen molar-refractivity contribution in [3.05, 3.63) is 60.2 Å². The number of alkyl halides is 2. The van der Waals surface area contributed by atoms with E-state index in [1.165, 1.54) is 18.2 Å². The number of hydrogen-bond donors (Lipinski definition) is 1. The van der Waals surface area contributed by atoms with E-state index in [0.717, 1.165) is 5.69 Å². The van der Waals surface area contributed by atoms with Gasteiger partial charge in [-0.05, 0) is 24.3 Å². The summed E-state index contributed by atoms with van der Waals surface area (Å²) >= 11 is 0. The van der Waals surface area contributed by atoms with E-state index in [1.54, 1.807) is 6.07 Å². The van der Waals surface area contributed by atoms with Crippen LogP contribution >= 0.6 is 0 Å². The maximum absolute atomic E-state index is 12.3. The van der Waals surface area contributed by atoms with Crippen LogP contribution < -0.4 is 15.0 Å². The number of anilines is 1. The van der Waals surface area contributed by atoms with Crippen molar-refractivity contribution in [2.24, 2.45) is 0 Å². The number of carbonyl (C=O) groups excluding carboxylic acids is 1. The molecule has 2 aromatic rings. The van der Waals surface area contributed by atoms with Crippen molar-refractivity contribution in [3.8, 4) is 5.75 Å². The third-order valence-electron chi connectivity index (χ3n) is 3.28. The first-order valence-electron chi connectivity index (χ1n) is 7.16. The molecule has 0 fully saturated rings. The van der Waals surface area contributed by atoms with E-state index in [2.05, 4.69) is 10.1 Å². The zero-order valence-electron chi connectivity index (χ0n) is 12.7. The Balaban J connectivity index is 1.90. The summed E-state index contributed by atoms with van der Waals surface area (Å²) in [6.07, 6.45) is 0. The highest BCUT2D eigenvalue weighted by Gasteiger charge is 2.14. The highest BCUT2D eigenvalue weighted by molar-refractivity contribution is 5.96. The molecule has 23 heavy (non-hydrogen) atoms. The molecule has 0 aliphatic rings. The molecule has 0 radical (unpaired) electrons. The molecule has 6 heteroatoms. The fourth-order valence-electron chi connectivity index (χ4n) is 2.10. The largest absolute Gasteiger partial charge is 0.434 e. The number of benzene rings is 2. The van der Waals surface area contributed by atoms with Crippen LogP contribution in [0.15, 0.2) is 54.6 Å². The predicted octanol–water partition coefficient (Wildman–Crippen LogP) is 3.15. The molecule has 0 aliphatic heterocycles. The van der Waals surface area contributed by atoms with Gasteiger partial charge in [0.2, 0.25) is 0 Å². The Morgan fingerprint density at radius 3 is 2.48 bits per heavy atom. The Morgan fingerprint density at radius 1 is 1.13 bits per heavy atom. The van der Waals surface area contributed by atoms with Crippen molar-refractivity contribution in [2.75, 3.05) is 25.0 Å². The van der Waals surface area contributed by atoms with Gasteiger partial charge in [-0.1, -0.05) is 30.3 Å². The molecule has 0 heterocycles. The second-order valence-corrected chi connectivity index (χ2v) is 4.89. The SMILES string of the molecule is CN(CCNC(=O)c1ccccc1OC(F)F)c1ccccc1. The first kappa shape index (κ1) is 16.7. The van der Waals surface area contributed by atoms with E-state index in [1.807, 2.05) is 42.3 Å². The third-order valence-corrected chi connectivity index (χ3v) is 3.28. The first-order chi connectivity index (χ1) is 11.1. The van der Waals surface area contributed by atoms with E-state index in [9.17, 15) is 13.6 Å². The van der Waals surface area contributed by atoms with Gasteiger partial charge in [-0.15, -0.1) is 0 Å². The molecular weight excluding hydrogens is 302 g/mol. The summed E-state index contributed by atoms with van der Waals surface area (Å²) in [4.78, 5) is 14.1. The van der Waals surface area contributed by atoms with E-state index in [0.29, 0.717) is 13.1 Å². The lowest BCUT2D eigenvalue weighted by Crippen LogP contribution is -2.33. The van der Waals surface area contributed by atoms with E-state index < -0.39 is 12.5 Å². The molecule has 1 amide bonds. The minimum Gasteiger partial charge on any atom is -0.434 e. The third kappa shape index (κ3) is 4.95. The number of ether oxygens (including phenoxy) is 1. The standard InChI is InChI=1S/C17H18F2N2O2/c1-21(13-7-3-2-4-8-13)12-11-20-16(22)14-9-5-6-10-15(14)23-17(18)19/h2-10,17H,11-12H2,1H3,(H,20,22). The van der Waals surface area contributed by atoms with Gasteiger partial charge in [0.1, 0.15) is 5.75 Å². The van der Waals surface area contributed by atoms with Gasteiger partial charge >= 0.3 is 6.61 Å². The topological polar surface area (TPSA) is 41.6 Å². The van der Waals surface area contributed by atoms with Gasteiger partial charge in [0.15, 0.2) is 0 Å². The van der Waals surface area contributed by atoms with Crippen LogP contribution in [-0.4, -0.2) is 32.7 Å². The number of likely N-dealkylation sites (N-methyl/N-ethyl adjacent to an activating group) is 1. The Morgan fingerprint density at radius 2 is 1.78 bits per heavy atom. The van der Waals surface area contributed by atoms with Crippen LogP contribution in [0.3, 0.4) is 0 Å². The Labute approximate surface area is 133 Å². The maximum Gasteiger partial charge on any atom is 0.387 e. The highest BCUT2D eigenvalue weighted by Crippen LogP contribution is 2.20. The summed E-state index contributed by atoms with van der Waals surface area (Å²) < 4.78 is 29.1. The maximum atomic E-state index is 12.3. The number of carbonyl (C=O) groups is 1. The fraction of sp³-hybridized carbons (Fsp3) is 0.235. The van der Waals surface area contributed by atoms with Crippen LogP contribution in [0.4, 0.5) is 14.5 Å². The first-order valence-corrected chi connectivity index (χ1v) is 7.16. The van der Waals surface area contributed by atoms with Crippen LogP contribution in [0.5, 0.6) is 5.75 Å². The molecule has 0 saturated carbocycles. The molecule has 0 aromatic heterocycles. The van der Waals surface area contributed by atoms with Crippen molar-refractivity contribution < 1.29 is 18.3 Å². The second kappa shape index (κ2) is 8.12. The van der Waals surface area contributed by atoms with Crippen LogP contribution in [-0.2, 0) is 0 Å². The molecule has 0 aliphatic carbocycles. The fourth-order valence-corrected chi connectivity index (χ4v) is 2.10. The summed E-state index contributed by atoms with van der Waals surface area (Å²) in [5.41, 5.74) is 1.12. The van der Waals surface area contributed by atoms with Gasteiger partial charge in [0.05, 0.1) is 5.56 Å². The number of hydrogen-bond acceptors (Lipinski definition) is 3. The minimum atomic E-state index is -2.96. The predicted molar refractivity (Wildman–Crippen MR) is 85.1 cm³/mol. The zero-order chi connectivity index (χ0) is 16.7. The molecule has 2 aromatic carbocycles. The molecule has 4 nitrogen and oxygen atoms in total.